The molecule has 0 amide bonds. The van der Waals surface area contributed by atoms with Crippen LogP contribution in [-0.4, -0.2) is 6.21 Å². The van der Waals surface area contributed by atoms with E-state index in [9.17, 15) is 0 Å². The van der Waals surface area contributed by atoms with Crippen molar-refractivity contribution in [1.82, 2.24) is 0 Å². The summed E-state index contributed by atoms with van der Waals surface area (Å²) in [5, 5.41) is 0. The van der Waals surface area contributed by atoms with Gasteiger partial charge in [-0.3, -0.25) is 4.99 Å². The summed E-state index contributed by atoms with van der Waals surface area (Å²) in [4.78, 5) is 4.55. The molecule has 0 rings (SSSR count). The largest absolute Gasteiger partial charge is 0.261 e. The van der Waals surface area contributed by atoms with E-state index >= 15 is 0 Å². The first-order valence-corrected chi connectivity index (χ1v) is 10.3. The highest BCUT2D eigenvalue weighted by Gasteiger charge is 2.09. The molecular weight excluding hydrogens is 338 g/mol. The van der Waals surface area contributed by atoms with Gasteiger partial charge in [-0.2, -0.15) is 0 Å². The number of allylic oxidation sites excluding steroid dienone is 13. The molecule has 1 heteroatoms. The van der Waals surface area contributed by atoms with Crippen LogP contribution in [0, 0.1) is 0 Å². The topological polar surface area (TPSA) is 12.4 Å². The SMILES string of the molecule is C=C\C(N=CC)=C(/C=C(/C=C\C)CCCC)C(=C)C/C(C=C(C)C)=C/C=C\C. The Kier molecular flexibility index (Phi) is 14.3. The lowest BCUT2D eigenvalue weighted by atomic mass is 9.93. The third-order valence-corrected chi connectivity index (χ3v) is 4.04. The number of hydrogen-bond donors (Lipinski definition) is 0. The molecule has 0 spiro atoms. The Labute approximate surface area is 174 Å². The predicted molar refractivity (Wildman–Crippen MR) is 130 cm³/mol. The molecule has 0 aliphatic rings. The number of rotatable bonds is 12. The summed E-state index contributed by atoms with van der Waals surface area (Å²) in [6.07, 6.45) is 22.8. The van der Waals surface area contributed by atoms with Crippen molar-refractivity contribution >= 4 is 6.21 Å². The highest BCUT2D eigenvalue weighted by atomic mass is 14.7. The van der Waals surface area contributed by atoms with E-state index in [-0.39, 0.29) is 0 Å². The monoisotopic (exact) mass is 377 g/mol. The predicted octanol–water partition coefficient (Wildman–Crippen LogP) is 8.62. The quantitative estimate of drug-likeness (QED) is 0.238. The van der Waals surface area contributed by atoms with Crippen LogP contribution in [0.5, 0.6) is 0 Å². The van der Waals surface area contributed by atoms with Crippen molar-refractivity contribution in [1.29, 1.82) is 0 Å². The van der Waals surface area contributed by atoms with Crippen molar-refractivity contribution < 1.29 is 0 Å². The summed E-state index contributed by atoms with van der Waals surface area (Å²) in [6, 6.07) is 0. The van der Waals surface area contributed by atoms with Crippen LogP contribution in [-0.2, 0) is 0 Å². The van der Waals surface area contributed by atoms with Crippen molar-refractivity contribution in [2.75, 3.05) is 0 Å². The van der Waals surface area contributed by atoms with Gasteiger partial charge in [-0.05, 0) is 82.8 Å². The van der Waals surface area contributed by atoms with E-state index in [4.69, 9.17) is 0 Å². The second-order valence-electron chi connectivity index (χ2n) is 6.98. The maximum atomic E-state index is 4.55. The average Bonchev–Trinajstić information content (AvgIpc) is 2.66. The second kappa shape index (κ2) is 15.6. The minimum absolute atomic E-state index is 0.773. The lowest BCUT2D eigenvalue weighted by Crippen LogP contribution is -1.95. The first-order valence-electron chi connectivity index (χ1n) is 10.3. The van der Waals surface area contributed by atoms with Crippen LogP contribution in [0.4, 0.5) is 0 Å². The fourth-order valence-corrected chi connectivity index (χ4v) is 2.80. The highest BCUT2D eigenvalue weighted by Crippen LogP contribution is 2.27. The fourth-order valence-electron chi connectivity index (χ4n) is 2.80. The van der Waals surface area contributed by atoms with Crippen molar-refractivity contribution in [2.24, 2.45) is 4.99 Å². The van der Waals surface area contributed by atoms with Gasteiger partial charge in [0.15, 0.2) is 0 Å². The van der Waals surface area contributed by atoms with Crippen LogP contribution >= 0.6 is 0 Å². The van der Waals surface area contributed by atoms with E-state index in [1.165, 1.54) is 29.6 Å². The smallest absolute Gasteiger partial charge is 0.0694 e. The van der Waals surface area contributed by atoms with Gasteiger partial charge in [0.1, 0.15) is 0 Å². The summed E-state index contributed by atoms with van der Waals surface area (Å²) in [5.41, 5.74) is 6.79. The summed E-state index contributed by atoms with van der Waals surface area (Å²) < 4.78 is 0. The molecule has 0 aromatic rings. The lowest BCUT2D eigenvalue weighted by Gasteiger charge is -2.13. The van der Waals surface area contributed by atoms with Gasteiger partial charge in [0, 0.05) is 11.8 Å². The minimum atomic E-state index is 0.773. The number of hydrogen-bond acceptors (Lipinski definition) is 1. The molecule has 0 N–H and O–H groups in total. The standard InChI is InChI=1S/C27H39N/c1-9-14-17-24(16-11-3)21-26(27(12-4)28-13-5)23(8)20-25(18-15-10-2)19-22(6)7/h10-13,15-16,18-19,21H,4,8-9,14,17,20H2,1-3,5-7H3/b15-10-,16-11-,24-21-,25-18+,27-26-,28-13?. The zero-order chi connectivity index (χ0) is 21.4. The Morgan fingerprint density at radius 2 is 1.71 bits per heavy atom. The van der Waals surface area contributed by atoms with Gasteiger partial charge >= 0.3 is 0 Å². The molecule has 0 aromatic heterocycles. The first kappa shape index (κ1) is 25.6. The summed E-state index contributed by atoms with van der Waals surface area (Å²) in [6.45, 7) is 20.9. The van der Waals surface area contributed by atoms with Crippen LogP contribution in [0.15, 0.2) is 100 Å². The van der Waals surface area contributed by atoms with Crippen LogP contribution in [0.3, 0.4) is 0 Å². The molecule has 28 heavy (non-hydrogen) atoms. The molecule has 152 valence electrons. The van der Waals surface area contributed by atoms with Gasteiger partial charge in [0.2, 0.25) is 0 Å². The van der Waals surface area contributed by atoms with E-state index in [1.807, 2.05) is 32.2 Å². The van der Waals surface area contributed by atoms with Crippen LogP contribution in [0.2, 0.25) is 0 Å². The average molecular weight is 378 g/mol. The van der Waals surface area contributed by atoms with E-state index in [0.717, 1.165) is 29.7 Å². The van der Waals surface area contributed by atoms with E-state index in [1.54, 1.807) is 0 Å². The van der Waals surface area contributed by atoms with E-state index in [0.29, 0.717) is 0 Å². The van der Waals surface area contributed by atoms with Crippen LogP contribution < -0.4 is 0 Å². The van der Waals surface area contributed by atoms with Gasteiger partial charge in [-0.25, -0.2) is 0 Å². The van der Waals surface area contributed by atoms with E-state index in [2.05, 4.69) is 82.3 Å². The molecule has 0 bridgehead atoms. The minimum Gasteiger partial charge on any atom is -0.261 e. The van der Waals surface area contributed by atoms with Gasteiger partial charge in [0.05, 0.1) is 5.70 Å². The third-order valence-electron chi connectivity index (χ3n) is 4.04. The van der Waals surface area contributed by atoms with Crippen LogP contribution in [0.1, 0.15) is 67.2 Å². The highest BCUT2D eigenvalue weighted by molar-refractivity contribution is 5.59. The van der Waals surface area contributed by atoms with Crippen LogP contribution in [0.25, 0.3) is 0 Å². The van der Waals surface area contributed by atoms with Gasteiger partial charge in [0.25, 0.3) is 0 Å². The molecular formula is C27H39N. The number of unbranched alkanes of at least 4 members (excludes halogenated alkanes) is 1. The molecule has 0 radical (unpaired) electrons. The molecule has 1 nitrogen and oxygen atoms in total. The maximum absolute atomic E-state index is 4.55. The molecule has 0 saturated heterocycles. The van der Waals surface area contributed by atoms with Crippen molar-refractivity contribution in [3.8, 4) is 0 Å². The molecule has 0 unspecified atom stereocenters. The maximum Gasteiger partial charge on any atom is 0.0694 e. The number of aliphatic imine (C=N–C) groups is 1. The van der Waals surface area contributed by atoms with Crippen molar-refractivity contribution in [2.45, 2.75) is 67.2 Å². The van der Waals surface area contributed by atoms with Gasteiger partial charge < -0.3 is 0 Å². The summed E-state index contributed by atoms with van der Waals surface area (Å²) in [5.74, 6) is 0. The summed E-state index contributed by atoms with van der Waals surface area (Å²) >= 11 is 0. The zero-order valence-electron chi connectivity index (χ0n) is 18.9. The summed E-state index contributed by atoms with van der Waals surface area (Å²) in [7, 11) is 0. The molecule has 0 aliphatic carbocycles. The fraction of sp³-hybridized carbons (Fsp3) is 0.370. The Morgan fingerprint density at radius 3 is 2.21 bits per heavy atom. The molecule has 0 fully saturated rings. The first-order chi connectivity index (χ1) is 13.4. The Hall–Kier alpha value is -2.41. The molecule has 0 aliphatic heterocycles. The number of nitrogens with zero attached hydrogens (tertiary/aromatic N) is 1. The van der Waals surface area contributed by atoms with E-state index < -0.39 is 0 Å². The Bertz CT molecular complexity index is 711. The molecule has 0 aromatic carbocycles. The van der Waals surface area contributed by atoms with Crippen molar-refractivity contribution in [3.63, 3.8) is 0 Å². The zero-order valence-corrected chi connectivity index (χ0v) is 18.9. The Morgan fingerprint density at radius 1 is 1.00 bits per heavy atom. The normalized spacial score (nSPS) is 14.1. The Balaban J connectivity index is 6.22. The third kappa shape index (κ3) is 10.7. The second-order valence-corrected chi connectivity index (χ2v) is 6.98. The van der Waals surface area contributed by atoms with Gasteiger partial charge in [-0.1, -0.05) is 68.5 Å². The van der Waals surface area contributed by atoms with Gasteiger partial charge in [-0.15, -0.1) is 0 Å². The van der Waals surface area contributed by atoms with Crippen molar-refractivity contribution in [3.05, 3.63) is 95.3 Å². The molecule has 0 heterocycles. The lowest BCUT2D eigenvalue weighted by molar-refractivity contribution is 0.797. The molecule has 0 atom stereocenters. The molecule has 0 saturated carbocycles.